The van der Waals surface area contributed by atoms with Gasteiger partial charge in [0.25, 0.3) is 0 Å². The lowest BCUT2D eigenvalue weighted by Gasteiger charge is -2.28. The lowest BCUT2D eigenvalue weighted by atomic mass is 9.94. The molecule has 0 amide bonds. The lowest BCUT2D eigenvalue weighted by molar-refractivity contribution is -0.136. The van der Waals surface area contributed by atoms with E-state index in [1.54, 1.807) is 0 Å². The number of halogens is 3. The van der Waals surface area contributed by atoms with Crippen LogP contribution in [0, 0.1) is 11.6 Å². The van der Waals surface area contributed by atoms with E-state index in [-0.39, 0.29) is 30.5 Å². The van der Waals surface area contributed by atoms with Crippen LogP contribution < -0.4 is 5.32 Å². The standard InChI is InChI=1S/C21H24BrF2NO3/c1-21(2,11-13-3-6-15(22)7-4-13)25-12-18(26)16-9-14(5-8-19(27)28)10-17(23)20(16)24/h3-4,6-7,9-10,18,25-26H,5,8,11-12H2,1-2H3,(H,27,28)/t18-/m1/s1. The Bertz CT molecular complexity index is 825. The highest BCUT2D eigenvalue weighted by molar-refractivity contribution is 9.10. The summed E-state index contributed by atoms with van der Waals surface area (Å²) in [6, 6.07) is 10.2. The largest absolute Gasteiger partial charge is 0.481 e. The van der Waals surface area contributed by atoms with Crippen molar-refractivity contribution in [2.45, 2.75) is 44.8 Å². The molecule has 0 fully saturated rings. The van der Waals surface area contributed by atoms with Crippen LogP contribution in [0.15, 0.2) is 40.9 Å². The molecule has 0 unspecified atom stereocenters. The van der Waals surface area contributed by atoms with Crippen LogP contribution in [-0.2, 0) is 17.6 Å². The zero-order valence-corrected chi connectivity index (χ0v) is 17.4. The Hall–Kier alpha value is -1.83. The van der Waals surface area contributed by atoms with E-state index in [4.69, 9.17) is 5.11 Å². The van der Waals surface area contributed by atoms with Crippen molar-refractivity contribution in [1.82, 2.24) is 5.32 Å². The van der Waals surface area contributed by atoms with Gasteiger partial charge in [-0.15, -0.1) is 0 Å². The number of β-amino-alcohol motifs (C(OH)–C–C–N with tert-alkyl or cyclic N) is 1. The van der Waals surface area contributed by atoms with Gasteiger partial charge in [-0.3, -0.25) is 4.79 Å². The third-order valence-corrected chi connectivity index (χ3v) is 4.96. The first-order valence-corrected chi connectivity index (χ1v) is 9.74. The topological polar surface area (TPSA) is 69.6 Å². The van der Waals surface area contributed by atoms with Crippen LogP contribution in [0.25, 0.3) is 0 Å². The van der Waals surface area contributed by atoms with Crippen LogP contribution >= 0.6 is 15.9 Å². The van der Waals surface area contributed by atoms with Crippen molar-refractivity contribution in [3.05, 3.63) is 69.2 Å². The maximum Gasteiger partial charge on any atom is 0.303 e. The molecule has 0 radical (unpaired) electrons. The summed E-state index contributed by atoms with van der Waals surface area (Å²) in [4.78, 5) is 10.7. The molecule has 0 saturated carbocycles. The van der Waals surface area contributed by atoms with Gasteiger partial charge < -0.3 is 15.5 Å². The molecule has 0 saturated heterocycles. The fourth-order valence-corrected chi connectivity index (χ4v) is 3.23. The van der Waals surface area contributed by atoms with Crippen molar-refractivity contribution < 1.29 is 23.8 Å². The molecule has 0 aromatic heterocycles. The van der Waals surface area contributed by atoms with E-state index in [1.807, 2.05) is 38.1 Å². The molecule has 7 heteroatoms. The average Bonchev–Trinajstić information content (AvgIpc) is 2.62. The molecule has 0 aliphatic carbocycles. The van der Waals surface area contributed by atoms with Gasteiger partial charge >= 0.3 is 5.97 Å². The van der Waals surface area contributed by atoms with Crippen molar-refractivity contribution in [2.24, 2.45) is 0 Å². The quantitative estimate of drug-likeness (QED) is 0.524. The number of nitrogens with one attached hydrogen (secondary N) is 1. The average molecular weight is 456 g/mol. The maximum absolute atomic E-state index is 14.2. The number of hydrogen-bond acceptors (Lipinski definition) is 3. The number of aliphatic carboxylic acids is 1. The number of carboxylic acids is 1. The summed E-state index contributed by atoms with van der Waals surface area (Å²) in [6.07, 6.45) is -0.709. The Morgan fingerprint density at radius 2 is 1.82 bits per heavy atom. The Morgan fingerprint density at radius 1 is 1.18 bits per heavy atom. The van der Waals surface area contributed by atoms with Gasteiger partial charge in [0.15, 0.2) is 11.6 Å². The molecule has 0 heterocycles. The minimum atomic E-state index is -1.26. The number of aryl methyl sites for hydroxylation is 1. The number of rotatable bonds is 9. The lowest BCUT2D eigenvalue weighted by Crippen LogP contribution is -2.43. The van der Waals surface area contributed by atoms with Gasteiger partial charge in [0, 0.05) is 28.5 Å². The summed E-state index contributed by atoms with van der Waals surface area (Å²) in [5, 5.41) is 22.4. The van der Waals surface area contributed by atoms with Crippen LogP contribution in [0.2, 0.25) is 0 Å². The molecule has 0 spiro atoms. The Labute approximate surface area is 171 Å². The van der Waals surface area contributed by atoms with Crippen molar-refractivity contribution in [3.63, 3.8) is 0 Å². The summed E-state index contributed by atoms with van der Waals surface area (Å²) in [6.45, 7) is 3.95. The zero-order chi connectivity index (χ0) is 20.9. The summed E-state index contributed by atoms with van der Waals surface area (Å²) in [5.74, 6) is -3.23. The Morgan fingerprint density at radius 3 is 2.43 bits per heavy atom. The second kappa shape index (κ2) is 9.58. The van der Waals surface area contributed by atoms with Crippen molar-refractivity contribution >= 4 is 21.9 Å². The van der Waals surface area contributed by atoms with Crippen LogP contribution in [0.4, 0.5) is 8.78 Å². The second-order valence-corrected chi connectivity index (χ2v) is 8.37. The first-order valence-electron chi connectivity index (χ1n) is 8.94. The molecule has 4 nitrogen and oxygen atoms in total. The Balaban J connectivity index is 2.05. The minimum Gasteiger partial charge on any atom is -0.481 e. The molecule has 28 heavy (non-hydrogen) atoms. The highest BCUT2D eigenvalue weighted by atomic mass is 79.9. The minimum absolute atomic E-state index is 0.0300. The predicted molar refractivity (Wildman–Crippen MR) is 107 cm³/mol. The third kappa shape index (κ3) is 6.65. The molecule has 1 atom stereocenters. The molecular formula is C21H24BrF2NO3. The van der Waals surface area contributed by atoms with Gasteiger partial charge in [0.2, 0.25) is 0 Å². The summed E-state index contributed by atoms with van der Waals surface area (Å²) < 4.78 is 29.0. The van der Waals surface area contributed by atoms with Crippen molar-refractivity contribution in [2.75, 3.05) is 6.54 Å². The van der Waals surface area contributed by atoms with E-state index < -0.39 is 23.7 Å². The molecule has 0 aliphatic rings. The number of carboxylic acid groups (broad SMARTS) is 1. The smallest absolute Gasteiger partial charge is 0.303 e. The van der Waals surface area contributed by atoms with Crippen LogP contribution in [0.3, 0.4) is 0 Å². The predicted octanol–water partition coefficient (Wildman–Crippen LogP) is 4.39. The highest BCUT2D eigenvalue weighted by Crippen LogP contribution is 2.23. The molecule has 152 valence electrons. The number of carbonyl (C=O) groups is 1. The fraction of sp³-hybridized carbons (Fsp3) is 0.381. The SMILES string of the molecule is CC(C)(Cc1ccc(Br)cc1)NC[C@@H](O)c1cc(CCC(=O)O)cc(F)c1F. The van der Waals surface area contributed by atoms with E-state index in [1.165, 1.54) is 6.07 Å². The highest BCUT2D eigenvalue weighted by Gasteiger charge is 2.23. The normalized spacial score (nSPS) is 12.8. The van der Waals surface area contributed by atoms with Gasteiger partial charge in [-0.1, -0.05) is 28.1 Å². The number of hydrogen-bond donors (Lipinski definition) is 3. The maximum atomic E-state index is 14.2. The van der Waals surface area contributed by atoms with E-state index >= 15 is 0 Å². The van der Waals surface area contributed by atoms with Crippen LogP contribution in [-0.4, -0.2) is 28.3 Å². The third-order valence-electron chi connectivity index (χ3n) is 4.44. The van der Waals surface area contributed by atoms with Crippen molar-refractivity contribution in [1.29, 1.82) is 0 Å². The molecular weight excluding hydrogens is 432 g/mol. The van der Waals surface area contributed by atoms with Gasteiger partial charge in [0.05, 0.1) is 6.10 Å². The monoisotopic (exact) mass is 455 g/mol. The first kappa shape index (κ1) is 22.5. The summed E-state index contributed by atoms with van der Waals surface area (Å²) >= 11 is 3.39. The van der Waals surface area contributed by atoms with Gasteiger partial charge in [-0.25, -0.2) is 8.78 Å². The zero-order valence-electron chi connectivity index (χ0n) is 15.8. The van der Waals surface area contributed by atoms with Gasteiger partial charge in [-0.2, -0.15) is 0 Å². The van der Waals surface area contributed by atoms with Gasteiger partial charge in [-0.05, 0) is 62.1 Å². The Kier molecular flexibility index (Phi) is 7.69. The molecule has 0 aliphatic heterocycles. The first-order chi connectivity index (χ1) is 13.1. The van der Waals surface area contributed by atoms with E-state index in [2.05, 4.69) is 21.2 Å². The van der Waals surface area contributed by atoms with Gasteiger partial charge in [0.1, 0.15) is 0 Å². The number of aliphatic hydroxyl groups excluding tert-OH is 1. The summed E-state index contributed by atoms with van der Waals surface area (Å²) in [5.41, 5.74) is 0.880. The molecule has 0 bridgehead atoms. The molecule has 2 aromatic carbocycles. The van der Waals surface area contributed by atoms with E-state index in [9.17, 15) is 18.7 Å². The molecule has 2 rings (SSSR count). The number of aliphatic hydroxyl groups is 1. The molecule has 3 N–H and O–H groups in total. The van der Waals surface area contributed by atoms with E-state index in [0.29, 0.717) is 12.0 Å². The van der Waals surface area contributed by atoms with Crippen LogP contribution in [0.5, 0.6) is 0 Å². The van der Waals surface area contributed by atoms with Crippen LogP contribution in [0.1, 0.15) is 43.1 Å². The van der Waals surface area contributed by atoms with E-state index in [0.717, 1.165) is 16.1 Å². The van der Waals surface area contributed by atoms with Crippen molar-refractivity contribution in [3.8, 4) is 0 Å². The fourth-order valence-electron chi connectivity index (χ4n) is 2.96. The summed E-state index contributed by atoms with van der Waals surface area (Å²) in [7, 11) is 0. The second-order valence-electron chi connectivity index (χ2n) is 7.46. The molecule has 2 aromatic rings. The number of benzene rings is 2.